The number of aryl methyl sites for hydroxylation is 2. The van der Waals surface area contributed by atoms with Crippen molar-refractivity contribution < 1.29 is 4.74 Å². The second kappa shape index (κ2) is 7.59. The van der Waals surface area contributed by atoms with Crippen molar-refractivity contribution in [1.82, 2.24) is 24.7 Å². The molecule has 0 aliphatic carbocycles. The lowest BCUT2D eigenvalue weighted by Gasteiger charge is -2.33. The maximum absolute atomic E-state index is 5.53. The van der Waals surface area contributed by atoms with Crippen LogP contribution in [0.1, 0.15) is 30.1 Å². The number of pyridine rings is 1. The lowest BCUT2D eigenvalue weighted by Crippen LogP contribution is -2.37. The van der Waals surface area contributed by atoms with Crippen molar-refractivity contribution in [3.63, 3.8) is 0 Å². The van der Waals surface area contributed by atoms with Crippen molar-refractivity contribution in [2.75, 3.05) is 49.2 Å². The number of morpholine rings is 1. The van der Waals surface area contributed by atoms with Crippen LogP contribution in [0.15, 0.2) is 24.5 Å². The van der Waals surface area contributed by atoms with E-state index in [4.69, 9.17) is 9.72 Å². The van der Waals surface area contributed by atoms with E-state index in [1.165, 1.54) is 5.69 Å². The third-order valence-corrected chi connectivity index (χ3v) is 6.05. The molecule has 2 saturated heterocycles. The van der Waals surface area contributed by atoms with Gasteiger partial charge in [0.2, 0.25) is 0 Å². The van der Waals surface area contributed by atoms with Gasteiger partial charge >= 0.3 is 0 Å². The summed E-state index contributed by atoms with van der Waals surface area (Å²) in [6.07, 6.45) is 4.02. The summed E-state index contributed by atoms with van der Waals surface area (Å²) < 4.78 is 7.63. The molecule has 2 fully saturated rings. The summed E-state index contributed by atoms with van der Waals surface area (Å²) in [7, 11) is 2.06. The molecule has 5 rings (SSSR count). The first-order valence-corrected chi connectivity index (χ1v) is 10.4. The molecule has 0 amide bonds. The molecule has 0 aromatic carbocycles. The number of aromatic nitrogens is 5. The number of piperidine rings is 1. The molecule has 0 radical (unpaired) electrons. The maximum Gasteiger partial charge on any atom is 0.157 e. The standard InChI is InChI=1S/C21H27N7O/c1-15-3-4-19(25-24-15)27-7-5-16(6-8-27)17-13-18-20(22-14-26(18)2)21(23-17)28-9-11-29-12-10-28/h3-4,13-14,16H,5-12H2,1-2H3. The topological polar surface area (TPSA) is 72.2 Å². The molecule has 0 atom stereocenters. The number of hydrogen-bond donors (Lipinski definition) is 0. The fourth-order valence-corrected chi connectivity index (χ4v) is 4.30. The maximum atomic E-state index is 5.53. The summed E-state index contributed by atoms with van der Waals surface area (Å²) in [5, 5.41) is 8.55. The second-order valence-electron chi connectivity index (χ2n) is 7.99. The van der Waals surface area contributed by atoms with Crippen LogP contribution in [-0.2, 0) is 11.8 Å². The van der Waals surface area contributed by atoms with Gasteiger partial charge in [-0.2, -0.15) is 5.10 Å². The van der Waals surface area contributed by atoms with Crippen LogP contribution in [-0.4, -0.2) is 64.1 Å². The Labute approximate surface area is 170 Å². The number of ether oxygens (including phenoxy) is 1. The molecule has 8 heteroatoms. The molecule has 0 bridgehead atoms. The molecule has 29 heavy (non-hydrogen) atoms. The van der Waals surface area contributed by atoms with Gasteiger partial charge in [-0.3, -0.25) is 0 Å². The van der Waals surface area contributed by atoms with Gasteiger partial charge in [0.05, 0.1) is 30.8 Å². The highest BCUT2D eigenvalue weighted by Gasteiger charge is 2.26. The van der Waals surface area contributed by atoms with E-state index in [1.807, 2.05) is 19.3 Å². The highest BCUT2D eigenvalue weighted by molar-refractivity contribution is 5.87. The molecule has 2 aliphatic rings. The first-order chi connectivity index (χ1) is 14.2. The Morgan fingerprint density at radius 1 is 1.00 bits per heavy atom. The van der Waals surface area contributed by atoms with Crippen molar-refractivity contribution in [2.45, 2.75) is 25.7 Å². The minimum atomic E-state index is 0.448. The summed E-state index contributed by atoms with van der Waals surface area (Å²) in [5.41, 5.74) is 4.28. The van der Waals surface area contributed by atoms with Gasteiger partial charge in [0.25, 0.3) is 0 Å². The predicted molar refractivity (Wildman–Crippen MR) is 112 cm³/mol. The highest BCUT2D eigenvalue weighted by atomic mass is 16.5. The van der Waals surface area contributed by atoms with Crippen molar-refractivity contribution in [3.8, 4) is 0 Å². The lowest BCUT2D eigenvalue weighted by molar-refractivity contribution is 0.122. The molecule has 3 aromatic heterocycles. The number of anilines is 2. The first-order valence-electron chi connectivity index (χ1n) is 10.4. The van der Waals surface area contributed by atoms with Crippen LogP contribution in [0.25, 0.3) is 11.0 Å². The first kappa shape index (κ1) is 18.3. The minimum Gasteiger partial charge on any atom is -0.378 e. The van der Waals surface area contributed by atoms with E-state index >= 15 is 0 Å². The number of imidazole rings is 1. The number of nitrogens with zero attached hydrogens (tertiary/aromatic N) is 7. The smallest absolute Gasteiger partial charge is 0.157 e. The Morgan fingerprint density at radius 3 is 2.52 bits per heavy atom. The molecule has 5 heterocycles. The predicted octanol–water partition coefficient (Wildman–Crippen LogP) is 2.29. The summed E-state index contributed by atoms with van der Waals surface area (Å²) in [5.74, 6) is 2.43. The van der Waals surface area contributed by atoms with Gasteiger partial charge in [-0.1, -0.05) is 0 Å². The molecule has 0 unspecified atom stereocenters. The third-order valence-electron chi connectivity index (χ3n) is 6.05. The van der Waals surface area contributed by atoms with Crippen molar-refractivity contribution in [1.29, 1.82) is 0 Å². The number of fused-ring (bicyclic) bond motifs is 1. The van der Waals surface area contributed by atoms with Crippen LogP contribution in [0.5, 0.6) is 0 Å². The van der Waals surface area contributed by atoms with Gasteiger partial charge in [-0.05, 0) is 38.0 Å². The summed E-state index contributed by atoms with van der Waals surface area (Å²) >= 11 is 0. The lowest BCUT2D eigenvalue weighted by atomic mass is 9.92. The quantitative estimate of drug-likeness (QED) is 0.676. The molecule has 8 nitrogen and oxygen atoms in total. The molecule has 0 N–H and O–H groups in total. The van der Waals surface area contributed by atoms with Crippen molar-refractivity contribution in [2.24, 2.45) is 7.05 Å². The Kier molecular flexibility index (Phi) is 4.79. The largest absolute Gasteiger partial charge is 0.378 e. The van der Waals surface area contributed by atoms with Gasteiger partial charge in [0, 0.05) is 44.8 Å². The third kappa shape index (κ3) is 3.53. The van der Waals surface area contributed by atoms with Gasteiger partial charge in [0.1, 0.15) is 5.52 Å². The normalized spacial score (nSPS) is 18.6. The summed E-state index contributed by atoms with van der Waals surface area (Å²) in [6.45, 7) is 7.14. The summed E-state index contributed by atoms with van der Waals surface area (Å²) in [6, 6.07) is 6.33. The molecule has 0 saturated carbocycles. The zero-order valence-corrected chi connectivity index (χ0v) is 17.1. The molecule has 152 valence electrons. The van der Waals surface area contributed by atoms with Crippen LogP contribution < -0.4 is 9.80 Å². The highest BCUT2D eigenvalue weighted by Crippen LogP contribution is 2.33. The van der Waals surface area contributed by atoms with Crippen LogP contribution >= 0.6 is 0 Å². The van der Waals surface area contributed by atoms with Gasteiger partial charge in [0.15, 0.2) is 11.6 Å². The SMILES string of the molecule is Cc1ccc(N2CCC(c3cc4c(ncn4C)c(N4CCOCC4)n3)CC2)nn1. The van der Waals surface area contributed by atoms with Gasteiger partial charge in [-0.25, -0.2) is 9.97 Å². The van der Waals surface area contributed by atoms with E-state index in [9.17, 15) is 0 Å². The minimum absolute atomic E-state index is 0.448. The molecule has 0 spiro atoms. The number of rotatable bonds is 3. The Morgan fingerprint density at radius 2 is 1.79 bits per heavy atom. The van der Waals surface area contributed by atoms with Crippen LogP contribution in [0.4, 0.5) is 11.6 Å². The van der Waals surface area contributed by atoms with Crippen molar-refractivity contribution >= 4 is 22.7 Å². The van der Waals surface area contributed by atoms with Crippen molar-refractivity contribution in [3.05, 3.63) is 35.9 Å². The van der Waals surface area contributed by atoms with Crippen LogP contribution in [0.3, 0.4) is 0 Å². The van der Waals surface area contributed by atoms with E-state index in [0.29, 0.717) is 5.92 Å². The average molecular weight is 393 g/mol. The average Bonchev–Trinajstić information content (AvgIpc) is 3.15. The zero-order chi connectivity index (χ0) is 19.8. The zero-order valence-electron chi connectivity index (χ0n) is 17.1. The van der Waals surface area contributed by atoms with E-state index in [2.05, 4.69) is 48.7 Å². The Hall–Kier alpha value is -2.74. The van der Waals surface area contributed by atoms with E-state index in [0.717, 1.165) is 80.6 Å². The summed E-state index contributed by atoms with van der Waals surface area (Å²) in [4.78, 5) is 14.4. The van der Waals surface area contributed by atoms with E-state index < -0.39 is 0 Å². The van der Waals surface area contributed by atoms with E-state index in [1.54, 1.807) is 0 Å². The fourth-order valence-electron chi connectivity index (χ4n) is 4.30. The Bertz CT molecular complexity index is 986. The molecular formula is C21H27N7O. The monoisotopic (exact) mass is 393 g/mol. The van der Waals surface area contributed by atoms with Crippen LogP contribution in [0, 0.1) is 6.92 Å². The molecular weight excluding hydrogens is 366 g/mol. The Balaban J connectivity index is 1.40. The van der Waals surface area contributed by atoms with Gasteiger partial charge < -0.3 is 19.1 Å². The second-order valence-corrected chi connectivity index (χ2v) is 7.99. The van der Waals surface area contributed by atoms with E-state index in [-0.39, 0.29) is 0 Å². The molecule has 2 aliphatic heterocycles. The molecule has 3 aromatic rings. The number of hydrogen-bond acceptors (Lipinski definition) is 7. The van der Waals surface area contributed by atoms with Gasteiger partial charge in [-0.15, -0.1) is 5.10 Å². The fraction of sp³-hybridized carbons (Fsp3) is 0.524. The van der Waals surface area contributed by atoms with Crippen LogP contribution in [0.2, 0.25) is 0 Å².